The van der Waals surface area contributed by atoms with Gasteiger partial charge in [0.1, 0.15) is 0 Å². The van der Waals surface area contributed by atoms with Crippen molar-refractivity contribution in [1.29, 1.82) is 0 Å². The van der Waals surface area contributed by atoms with Crippen molar-refractivity contribution in [2.24, 2.45) is 5.73 Å². The summed E-state index contributed by atoms with van der Waals surface area (Å²) < 4.78 is 10.7. The molecule has 1 saturated carbocycles. The highest BCUT2D eigenvalue weighted by molar-refractivity contribution is 6.04. The number of nitrogens with zero attached hydrogens (tertiary/aromatic N) is 1. The first-order chi connectivity index (χ1) is 17.1. The topological polar surface area (TPSA) is 93.9 Å². The van der Waals surface area contributed by atoms with E-state index in [0.29, 0.717) is 34.9 Å². The predicted molar refractivity (Wildman–Crippen MR) is 134 cm³/mol. The molecule has 2 amide bonds. The summed E-state index contributed by atoms with van der Waals surface area (Å²) in [5, 5.41) is 2.95. The Morgan fingerprint density at radius 3 is 2.43 bits per heavy atom. The van der Waals surface area contributed by atoms with Gasteiger partial charge in [0, 0.05) is 35.4 Å². The van der Waals surface area contributed by atoms with Crippen LogP contribution in [0.2, 0.25) is 0 Å². The van der Waals surface area contributed by atoms with Gasteiger partial charge in [-0.2, -0.15) is 0 Å². The molecule has 0 saturated heterocycles. The zero-order chi connectivity index (χ0) is 24.2. The van der Waals surface area contributed by atoms with Gasteiger partial charge in [-0.05, 0) is 73.7 Å². The van der Waals surface area contributed by atoms with Gasteiger partial charge in [-0.3, -0.25) is 9.59 Å². The van der Waals surface area contributed by atoms with Crippen LogP contribution in [-0.2, 0) is 6.54 Å². The van der Waals surface area contributed by atoms with E-state index in [2.05, 4.69) is 5.32 Å². The number of carbonyl (C=O) groups excluding carboxylic acids is 2. The molecule has 1 aliphatic carbocycles. The third kappa shape index (κ3) is 5.30. The lowest BCUT2D eigenvalue weighted by atomic mass is 9.90. The van der Waals surface area contributed by atoms with E-state index in [4.69, 9.17) is 15.2 Å². The first kappa shape index (κ1) is 22.9. The van der Waals surface area contributed by atoms with E-state index in [1.807, 2.05) is 59.5 Å². The van der Waals surface area contributed by atoms with Crippen LogP contribution < -0.4 is 20.5 Å². The lowest BCUT2D eigenvalue weighted by Crippen LogP contribution is -2.43. The Bertz CT molecular complexity index is 1210. The quantitative estimate of drug-likeness (QED) is 0.549. The molecular weight excluding hydrogens is 442 g/mol. The van der Waals surface area contributed by atoms with Gasteiger partial charge in [0.2, 0.25) is 6.79 Å². The molecule has 1 fully saturated rings. The van der Waals surface area contributed by atoms with Crippen molar-refractivity contribution in [2.75, 3.05) is 12.1 Å². The van der Waals surface area contributed by atoms with E-state index in [9.17, 15) is 9.59 Å². The molecular formula is C28H29N3O4. The smallest absolute Gasteiger partial charge is 0.255 e. The molecule has 0 atom stereocenters. The Balaban J connectivity index is 1.33. The molecule has 2 aliphatic rings. The van der Waals surface area contributed by atoms with Crippen molar-refractivity contribution in [3.05, 3.63) is 89.5 Å². The largest absolute Gasteiger partial charge is 0.454 e. The SMILES string of the molecule is NC1CCC(N(Cc2cccc(NC(=O)c3ccc4c(c3)OCO4)c2)C(=O)c2ccccc2)CC1. The van der Waals surface area contributed by atoms with Crippen LogP contribution in [0.3, 0.4) is 0 Å². The van der Waals surface area contributed by atoms with Gasteiger partial charge in [0.25, 0.3) is 11.8 Å². The summed E-state index contributed by atoms with van der Waals surface area (Å²) in [4.78, 5) is 28.3. The van der Waals surface area contributed by atoms with Crippen LogP contribution in [0.15, 0.2) is 72.8 Å². The number of rotatable bonds is 6. The van der Waals surface area contributed by atoms with E-state index in [1.54, 1.807) is 18.2 Å². The average Bonchev–Trinajstić information content (AvgIpc) is 3.36. The summed E-state index contributed by atoms with van der Waals surface area (Å²) in [6.45, 7) is 0.620. The first-order valence-corrected chi connectivity index (χ1v) is 12.0. The lowest BCUT2D eigenvalue weighted by molar-refractivity contribution is 0.0606. The molecule has 5 rings (SSSR count). The molecule has 3 N–H and O–H groups in total. The molecule has 3 aromatic rings. The Morgan fingerprint density at radius 1 is 0.857 bits per heavy atom. The van der Waals surface area contributed by atoms with Crippen LogP contribution in [0.25, 0.3) is 0 Å². The summed E-state index contributed by atoms with van der Waals surface area (Å²) in [7, 11) is 0. The monoisotopic (exact) mass is 471 g/mol. The first-order valence-electron chi connectivity index (χ1n) is 12.0. The Hall–Kier alpha value is -3.84. The summed E-state index contributed by atoms with van der Waals surface area (Å²) in [5.74, 6) is 0.976. The molecule has 1 aliphatic heterocycles. The maximum absolute atomic E-state index is 13.5. The fourth-order valence-corrected chi connectivity index (χ4v) is 4.71. The summed E-state index contributed by atoms with van der Waals surface area (Å²) in [6.07, 6.45) is 3.60. The standard InChI is InChI=1S/C28H29N3O4/c29-22-10-12-24(13-11-22)31(28(33)20-6-2-1-3-7-20)17-19-5-4-8-23(15-19)30-27(32)21-9-14-25-26(16-21)35-18-34-25/h1-9,14-16,22,24H,10-13,17-18,29H2,(H,30,32). The van der Waals surface area contributed by atoms with E-state index < -0.39 is 0 Å². The number of fused-ring (bicyclic) bond motifs is 1. The third-order valence-corrected chi connectivity index (χ3v) is 6.64. The molecule has 35 heavy (non-hydrogen) atoms. The highest BCUT2D eigenvalue weighted by Gasteiger charge is 2.28. The number of anilines is 1. The van der Waals surface area contributed by atoms with Crippen LogP contribution in [-0.4, -0.2) is 35.6 Å². The second-order valence-corrected chi connectivity index (χ2v) is 9.09. The predicted octanol–water partition coefficient (Wildman–Crippen LogP) is 4.58. The fourth-order valence-electron chi connectivity index (χ4n) is 4.71. The number of hydrogen-bond donors (Lipinski definition) is 2. The molecule has 7 nitrogen and oxygen atoms in total. The van der Waals surface area contributed by atoms with Gasteiger partial charge in [-0.1, -0.05) is 30.3 Å². The highest BCUT2D eigenvalue weighted by atomic mass is 16.7. The van der Waals surface area contributed by atoms with Crippen LogP contribution in [0.1, 0.15) is 52.0 Å². The van der Waals surface area contributed by atoms with Crippen LogP contribution >= 0.6 is 0 Å². The van der Waals surface area contributed by atoms with E-state index in [0.717, 1.165) is 31.2 Å². The van der Waals surface area contributed by atoms with Crippen molar-refractivity contribution >= 4 is 17.5 Å². The van der Waals surface area contributed by atoms with Gasteiger partial charge in [0.05, 0.1) is 0 Å². The average molecular weight is 472 g/mol. The van der Waals surface area contributed by atoms with Gasteiger partial charge >= 0.3 is 0 Å². The molecule has 7 heteroatoms. The highest BCUT2D eigenvalue weighted by Crippen LogP contribution is 2.33. The summed E-state index contributed by atoms with van der Waals surface area (Å²) in [6, 6.07) is 22.5. The van der Waals surface area contributed by atoms with Gasteiger partial charge in [-0.25, -0.2) is 0 Å². The number of amides is 2. The molecule has 0 bridgehead atoms. The number of benzene rings is 3. The number of nitrogens with two attached hydrogens (primary N) is 1. The van der Waals surface area contributed by atoms with Gasteiger partial charge in [0.15, 0.2) is 11.5 Å². The third-order valence-electron chi connectivity index (χ3n) is 6.64. The molecule has 180 valence electrons. The summed E-state index contributed by atoms with van der Waals surface area (Å²) >= 11 is 0. The Morgan fingerprint density at radius 2 is 1.63 bits per heavy atom. The molecule has 1 heterocycles. The van der Waals surface area contributed by atoms with Crippen molar-refractivity contribution in [2.45, 2.75) is 44.3 Å². The fraction of sp³-hybridized carbons (Fsp3) is 0.286. The van der Waals surface area contributed by atoms with Crippen LogP contribution in [0.4, 0.5) is 5.69 Å². The zero-order valence-corrected chi connectivity index (χ0v) is 19.5. The normalized spacial score (nSPS) is 18.7. The van der Waals surface area contributed by atoms with Crippen LogP contribution in [0, 0.1) is 0 Å². The number of ether oxygens (including phenoxy) is 2. The van der Waals surface area contributed by atoms with Crippen molar-refractivity contribution in [1.82, 2.24) is 4.90 Å². The lowest BCUT2D eigenvalue weighted by Gasteiger charge is -2.36. The van der Waals surface area contributed by atoms with Gasteiger partial charge < -0.3 is 25.4 Å². The summed E-state index contributed by atoms with van der Waals surface area (Å²) in [5.41, 5.74) is 8.90. The number of nitrogens with one attached hydrogen (secondary N) is 1. The van der Waals surface area contributed by atoms with Crippen molar-refractivity contribution in [3.8, 4) is 11.5 Å². The second-order valence-electron chi connectivity index (χ2n) is 9.09. The van der Waals surface area contributed by atoms with E-state index >= 15 is 0 Å². The van der Waals surface area contributed by atoms with Crippen LogP contribution in [0.5, 0.6) is 11.5 Å². The second kappa shape index (κ2) is 10.2. The Labute approximate surface area is 204 Å². The van der Waals surface area contributed by atoms with Gasteiger partial charge in [-0.15, -0.1) is 0 Å². The molecule has 0 spiro atoms. The van der Waals surface area contributed by atoms with E-state index in [-0.39, 0.29) is 30.7 Å². The van der Waals surface area contributed by atoms with Crippen molar-refractivity contribution < 1.29 is 19.1 Å². The maximum atomic E-state index is 13.5. The molecule has 0 radical (unpaired) electrons. The van der Waals surface area contributed by atoms with E-state index in [1.165, 1.54) is 0 Å². The Kier molecular flexibility index (Phi) is 6.68. The zero-order valence-electron chi connectivity index (χ0n) is 19.5. The minimum Gasteiger partial charge on any atom is -0.454 e. The molecule has 3 aromatic carbocycles. The van der Waals surface area contributed by atoms with Crippen molar-refractivity contribution in [3.63, 3.8) is 0 Å². The minimum atomic E-state index is -0.237. The molecule has 0 aromatic heterocycles. The number of carbonyl (C=O) groups is 2. The molecule has 0 unspecified atom stereocenters. The maximum Gasteiger partial charge on any atom is 0.255 e. The number of hydrogen-bond acceptors (Lipinski definition) is 5. The minimum absolute atomic E-state index is 0.0147.